The number of benzene rings is 1. The van der Waals surface area contributed by atoms with Gasteiger partial charge in [-0.05, 0) is 24.6 Å². The van der Waals surface area contributed by atoms with Crippen LogP contribution in [0.4, 0.5) is 5.69 Å². The van der Waals surface area contributed by atoms with Crippen LogP contribution >= 0.6 is 11.6 Å². The van der Waals surface area contributed by atoms with E-state index in [-0.39, 0.29) is 5.69 Å². The van der Waals surface area contributed by atoms with Crippen molar-refractivity contribution in [2.45, 2.75) is 13.5 Å². The number of oxazole rings is 1. The zero-order chi connectivity index (χ0) is 13.1. The first-order chi connectivity index (χ1) is 8.56. The van der Waals surface area contributed by atoms with E-state index in [2.05, 4.69) is 10.3 Å². The molecule has 0 fully saturated rings. The zero-order valence-electron chi connectivity index (χ0n) is 9.61. The molecule has 0 unspecified atom stereocenters. The lowest BCUT2D eigenvalue weighted by Crippen LogP contribution is -2.01. The summed E-state index contributed by atoms with van der Waals surface area (Å²) in [6.07, 6.45) is 1.11. The van der Waals surface area contributed by atoms with Gasteiger partial charge in [-0.3, -0.25) is 0 Å². The lowest BCUT2D eigenvalue weighted by Gasteiger charge is -2.05. The number of aromatic carboxylic acids is 1. The van der Waals surface area contributed by atoms with Crippen molar-refractivity contribution in [3.63, 3.8) is 0 Å². The predicted octanol–water partition coefficient (Wildman–Crippen LogP) is 2.95. The summed E-state index contributed by atoms with van der Waals surface area (Å²) in [5.41, 5.74) is 1.71. The van der Waals surface area contributed by atoms with Gasteiger partial charge in [0.15, 0.2) is 5.69 Å². The van der Waals surface area contributed by atoms with Crippen molar-refractivity contribution in [3.05, 3.63) is 46.6 Å². The Balaban J connectivity index is 2.02. The monoisotopic (exact) mass is 266 g/mol. The van der Waals surface area contributed by atoms with E-state index >= 15 is 0 Å². The maximum Gasteiger partial charge on any atom is 0.357 e. The number of nitrogens with one attached hydrogen (secondary N) is 1. The maximum atomic E-state index is 10.6. The molecule has 2 aromatic rings. The van der Waals surface area contributed by atoms with E-state index in [1.807, 2.05) is 19.1 Å². The van der Waals surface area contributed by atoms with E-state index in [4.69, 9.17) is 21.1 Å². The number of carbonyl (C=O) groups is 1. The number of aromatic nitrogens is 1. The lowest BCUT2D eigenvalue weighted by atomic mass is 10.2. The van der Waals surface area contributed by atoms with Gasteiger partial charge in [0, 0.05) is 10.7 Å². The van der Waals surface area contributed by atoms with Crippen LogP contribution < -0.4 is 5.32 Å². The quantitative estimate of drug-likeness (QED) is 0.890. The number of carboxylic acids is 1. The third kappa shape index (κ3) is 2.81. The maximum absolute atomic E-state index is 10.6. The molecule has 0 aliphatic rings. The van der Waals surface area contributed by atoms with E-state index in [1.54, 1.807) is 6.07 Å². The molecule has 2 rings (SSSR count). The summed E-state index contributed by atoms with van der Waals surface area (Å²) in [6, 6.07) is 5.56. The van der Waals surface area contributed by atoms with E-state index in [9.17, 15) is 4.79 Å². The third-order valence-electron chi connectivity index (χ3n) is 2.39. The molecule has 0 aliphatic carbocycles. The summed E-state index contributed by atoms with van der Waals surface area (Å²) in [7, 11) is 0. The smallest absolute Gasteiger partial charge is 0.357 e. The van der Waals surface area contributed by atoms with Crippen LogP contribution in [0.3, 0.4) is 0 Å². The van der Waals surface area contributed by atoms with Crippen LogP contribution in [-0.2, 0) is 6.54 Å². The Morgan fingerprint density at radius 1 is 1.56 bits per heavy atom. The van der Waals surface area contributed by atoms with Crippen LogP contribution in [0.1, 0.15) is 21.9 Å². The molecule has 5 nitrogen and oxygen atoms in total. The molecule has 1 heterocycles. The Labute approximate surface area is 108 Å². The molecule has 0 aliphatic heterocycles. The molecule has 0 saturated carbocycles. The predicted molar refractivity (Wildman–Crippen MR) is 67.0 cm³/mol. The number of hydrogen-bond donors (Lipinski definition) is 2. The summed E-state index contributed by atoms with van der Waals surface area (Å²) in [5.74, 6) is -0.799. The van der Waals surface area contributed by atoms with Gasteiger partial charge in [0.25, 0.3) is 0 Å². The number of nitrogens with zero attached hydrogens (tertiary/aromatic N) is 1. The second-order valence-corrected chi connectivity index (χ2v) is 4.16. The summed E-state index contributed by atoms with van der Waals surface area (Å²) in [6.45, 7) is 2.21. The minimum Gasteiger partial charge on any atom is -0.476 e. The molecule has 0 bridgehead atoms. The summed E-state index contributed by atoms with van der Waals surface area (Å²) < 4.78 is 5.01. The molecule has 0 radical (unpaired) electrons. The highest BCUT2D eigenvalue weighted by Gasteiger charge is 2.09. The SMILES string of the molecule is Cc1ccc(NCc2nc(C(=O)O)co2)cc1Cl. The van der Waals surface area contributed by atoms with Gasteiger partial charge in [0.1, 0.15) is 6.26 Å². The number of rotatable bonds is 4. The lowest BCUT2D eigenvalue weighted by molar-refractivity contribution is 0.0690. The van der Waals surface area contributed by atoms with Crippen LogP contribution in [0.25, 0.3) is 0 Å². The summed E-state index contributed by atoms with van der Waals surface area (Å²) in [4.78, 5) is 14.4. The number of hydrogen-bond acceptors (Lipinski definition) is 4. The van der Waals surface area contributed by atoms with Gasteiger partial charge in [0.05, 0.1) is 6.54 Å². The molecule has 0 atom stereocenters. The van der Waals surface area contributed by atoms with Crippen molar-refractivity contribution in [1.82, 2.24) is 4.98 Å². The highest BCUT2D eigenvalue weighted by atomic mass is 35.5. The molecule has 94 valence electrons. The van der Waals surface area contributed by atoms with Crippen molar-refractivity contribution >= 4 is 23.3 Å². The fraction of sp³-hybridized carbons (Fsp3) is 0.167. The molecule has 18 heavy (non-hydrogen) atoms. The molecule has 0 amide bonds. The van der Waals surface area contributed by atoms with Crippen molar-refractivity contribution in [2.75, 3.05) is 5.32 Å². The number of carboxylic acid groups (broad SMARTS) is 1. The second kappa shape index (κ2) is 5.10. The first-order valence-electron chi connectivity index (χ1n) is 5.24. The average Bonchev–Trinajstić information content (AvgIpc) is 2.79. The normalized spacial score (nSPS) is 10.3. The Kier molecular flexibility index (Phi) is 3.53. The van der Waals surface area contributed by atoms with E-state index in [0.717, 1.165) is 17.5 Å². The zero-order valence-corrected chi connectivity index (χ0v) is 10.4. The molecular weight excluding hydrogens is 256 g/mol. The molecule has 0 saturated heterocycles. The highest BCUT2D eigenvalue weighted by molar-refractivity contribution is 6.31. The molecule has 1 aromatic heterocycles. The summed E-state index contributed by atoms with van der Waals surface area (Å²) in [5, 5.41) is 12.4. The fourth-order valence-corrected chi connectivity index (χ4v) is 1.55. The molecule has 2 N–H and O–H groups in total. The van der Waals surface area contributed by atoms with E-state index in [0.29, 0.717) is 17.5 Å². The van der Waals surface area contributed by atoms with Gasteiger partial charge < -0.3 is 14.8 Å². The Hall–Kier alpha value is -2.01. The molecule has 6 heteroatoms. The largest absolute Gasteiger partial charge is 0.476 e. The number of anilines is 1. The fourth-order valence-electron chi connectivity index (χ4n) is 1.37. The Bertz CT molecular complexity index is 580. The van der Waals surface area contributed by atoms with Crippen LogP contribution in [0, 0.1) is 6.92 Å². The third-order valence-corrected chi connectivity index (χ3v) is 2.79. The highest BCUT2D eigenvalue weighted by Crippen LogP contribution is 2.20. The van der Waals surface area contributed by atoms with Crippen LogP contribution in [0.15, 0.2) is 28.9 Å². The topological polar surface area (TPSA) is 75.4 Å². The number of aryl methyl sites for hydroxylation is 1. The molecular formula is C12H11ClN2O3. The van der Waals surface area contributed by atoms with E-state index in [1.165, 1.54) is 0 Å². The Morgan fingerprint density at radius 2 is 2.33 bits per heavy atom. The van der Waals surface area contributed by atoms with Gasteiger partial charge in [-0.15, -0.1) is 0 Å². The van der Waals surface area contributed by atoms with Gasteiger partial charge in [-0.1, -0.05) is 17.7 Å². The van der Waals surface area contributed by atoms with Crippen molar-refractivity contribution in [1.29, 1.82) is 0 Å². The van der Waals surface area contributed by atoms with E-state index < -0.39 is 5.97 Å². The molecule has 1 aromatic carbocycles. The first kappa shape index (κ1) is 12.4. The standard InChI is InChI=1S/C12H11ClN2O3/c1-7-2-3-8(4-9(7)13)14-5-11-15-10(6-18-11)12(16)17/h2-4,6,14H,5H2,1H3,(H,16,17). The Morgan fingerprint density at radius 3 is 2.94 bits per heavy atom. The van der Waals surface area contributed by atoms with Gasteiger partial charge in [-0.2, -0.15) is 0 Å². The van der Waals surface area contributed by atoms with Crippen molar-refractivity contribution in [3.8, 4) is 0 Å². The summed E-state index contributed by atoms with van der Waals surface area (Å²) >= 11 is 5.98. The second-order valence-electron chi connectivity index (χ2n) is 3.75. The van der Waals surface area contributed by atoms with Crippen LogP contribution in [0.5, 0.6) is 0 Å². The minimum absolute atomic E-state index is 0.103. The van der Waals surface area contributed by atoms with Gasteiger partial charge in [0.2, 0.25) is 5.89 Å². The van der Waals surface area contributed by atoms with Crippen LogP contribution in [0.2, 0.25) is 5.02 Å². The first-order valence-corrected chi connectivity index (χ1v) is 5.62. The van der Waals surface area contributed by atoms with Gasteiger partial charge in [-0.25, -0.2) is 9.78 Å². The van der Waals surface area contributed by atoms with Crippen molar-refractivity contribution in [2.24, 2.45) is 0 Å². The van der Waals surface area contributed by atoms with Gasteiger partial charge >= 0.3 is 5.97 Å². The van der Waals surface area contributed by atoms with Crippen LogP contribution in [-0.4, -0.2) is 16.1 Å². The number of halogens is 1. The van der Waals surface area contributed by atoms with Crippen molar-refractivity contribution < 1.29 is 14.3 Å². The molecule has 0 spiro atoms. The average molecular weight is 267 g/mol. The minimum atomic E-state index is -1.11.